The Hall–Kier alpha value is -1.84. The number of carbonyl (C=O) groups excluding carboxylic acids is 2. The van der Waals surface area contributed by atoms with Gasteiger partial charge in [0.1, 0.15) is 6.04 Å². The molecule has 0 aliphatic heterocycles. The lowest BCUT2D eigenvalue weighted by Crippen LogP contribution is -2.47. The van der Waals surface area contributed by atoms with Crippen molar-refractivity contribution in [3.63, 3.8) is 0 Å². The van der Waals surface area contributed by atoms with Crippen molar-refractivity contribution in [3.05, 3.63) is 35.9 Å². The van der Waals surface area contributed by atoms with E-state index in [-0.39, 0.29) is 17.9 Å². The lowest BCUT2D eigenvalue weighted by atomic mass is 10.1. The summed E-state index contributed by atoms with van der Waals surface area (Å²) >= 11 is 0. The Balaban J connectivity index is 2.70. The van der Waals surface area contributed by atoms with Crippen LogP contribution in [0.3, 0.4) is 0 Å². The van der Waals surface area contributed by atoms with Gasteiger partial charge in [-0.05, 0) is 12.0 Å². The Bertz CT molecular complexity index is 417. The average molecular weight is 262 g/mol. The first-order valence-corrected chi connectivity index (χ1v) is 6.61. The van der Waals surface area contributed by atoms with Crippen LogP contribution in [-0.4, -0.2) is 36.9 Å². The van der Waals surface area contributed by atoms with Gasteiger partial charge in [0.05, 0.1) is 6.42 Å². The van der Waals surface area contributed by atoms with Crippen LogP contribution in [0.4, 0.5) is 0 Å². The van der Waals surface area contributed by atoms with E-state index in [0.717, 1.165) is 12.0 Å². The van der Waals surface area contributed by atoms with E-state index in [4.69, 9.17) is 0 Å². The fourth-order valence-corrected chi connectivity index (χ4v) is 2.01. The summed E-state index contributed by atoms with van der Waals surface area (Å²) in [6, 6.07) is 9.19. The molecule has 0 bridgehead atoms. The predicted molar refractivity (Wildman–Crippen MR) is 75.7 cm³/mol. The molecule has 0 aromatic heterocycles. The number of amides is 2. The zero-order valence-corrected chi connectivity index (χ0v) is 11.8. The van der Waals surface area contributed by atoms with Gasteiger partial charge in [-0.25, -0.2) is 0 Å². The molecule has 1 N–H and O–H groups in total. The van der Waals surface area contributed by atoms with Crippen LogP contribution in [0.1, 0.15) is 25.3 Å². The number of benzene rings is 1. The monoisotopic (exact) mass is 262 g/mol. The Morgan fingerprint density at radius 1 is 1.26 bits per heavy atom. The maximum Gasteiger partial charge on any atom is 0.242 e. The molecule has 4 heteroatoms. The Morgan fingerprint density at radius 3 is 2.42 bits per heavy atom. The number of likely N-dealkylation sites (N-methyl/N-ethyl adjacent to an activating group) is 2. The quantitative estimate of drug-likeness (QED) is 0.846. The molecule has 1 rings (SSSR count). The second kappa shape index (κ2) is 7.56. The van der Waals surface area contributed by atoms with Gasteiger partial charge in [-0.1, -0.05) is 43.7 Å². The van der Waals surface area contributed by atoms with Crippen LogP contribution in [0.15, 0.2) is 30.3 Å². The minimum atomic E-state index is -0.383. The standard InChI is InChI=1S/C15H22N2O2/c1-4-8-13(15(19)16-2)17(3)14(18)11-12-9-6-5-7-10-12/h5-7,9-10,13H,4,8,11H2,1-3H3,(H,16,19)/t13-/m0/s1. The number of nitrogens with zero attached hydrogens (tertiary/aromatic N) is 1. The minimum absolute atomic E-state index is 0.0340. The molecule has 0 unspecified atom stereocenters. The molecule has 4 nitrogen and oxygen atoms in total. The molecule has 104 valence electrons. The van der Waals surface area contributed by atoms with Crippen molar-refractivity contribution in [2.75, 3.05) is 14.1 Å². The van der Waals surface area contributed by atoms with Crippen LogP contribution in [0.2, 0.25) is 0 Å². The van der Waals surface area contributed by atoms with Crippen molar-refractivity contribution in [3.8, 4) is 0 Å². The summed E-state index contributed by atoms with van der Waals surface area (Å²) in [5.41, 5.74) is 0.964. The van der Waals surface area contributed by atoms with Crippen molar-refractivity contribution >= 4 is 11.8 Å². The highest BCUT2D eigenvalue weighted by Crippen LogP contribution is 2.09. The molecule has 0 spiro atoms. The van der Waals surface area contributed by atoms with Gasteiger partial charge in [0.2, 0.25) is 11.8 Å². The Morgan fingerprint density at radius 2 is 1.89 bits per heavy atom. The van der Waals surface area contributed by atoms with Crippen LogP contribution in [0.5, 0.6) is 0 Å². The first-order valence-electron chi connectivity index (χ1n) is 6.61. The summed E-state index contributed by atoms with van der Waals surface area (Å²) < 4.78 is 0. The molecule has 1 aromatic carbocycles. The smallest absolute Gasteiger partial charge is 0.242 e. The van der Waals surface area contributed by atoms with Crippen LogP contribution in [-0.2, 0) is 16.0 Å². The highest BCUT2D eigenvalue weighted by atomic mass is 16.2. The second-order valence-corrected chi connectivity index (χ2v) is 4.59. The number of carbonyl (C=O) groups is 2. The highest BCUT2D eigenvalue weighted by Gasteiger charge is 2.24. The fourth-order valence-electron chi connectivity index (χ4n) is 2.01. The molecule has 2 amide bonds. The zero-order valence-electron chi connectivity index (χ0n) is 11.8. The molecule has 0 heterocycles. The molecular weight excluding hydrogens is 240 g/mol. The lowest BCUT2D eigenvalue weighted by Gasteiger charge is -2.26. The van der Waals surface area contributed by atoms with E-state index < -0.39 is 0 Å². The molecule has 0 aliphatic carbocycles. The largest absolute Gasteiger partial charge is 0.357 e. The van der Waals surface area contributed by atoms with Gasteiger partial charge >= 0.3 is 0 Å². The third-order valence-electron chi connectivity index (χ3n) is 3.17. The van der Waals surface area contributed by atoms with E-state index in [1.165, 1.54) is 0 Å². The molecular formula is C15H22N2O2. The average Bonchev–Trinajstić information content (AvgIpc) is 2.44. The molecule has 19 heavy (non-hydrogen) atoms. The Kier molecular flexibility index (Phi) is 6.06. The fraction of sp³-hybridized carbons (Fsp3) is 0.467. The van der Waals surface area contributed by atoms with E-state index in [9.17, 15) is 9.59 Å². The van der Waals surface area contributed by atoms with Gasteiger partial charge in [0.25, 0.3) is 0 Å². The predicted octanol–water partition coefficient (Wildman–Crippen LogP) is 1.60. The molecule has 0 aliphatic rings. The van der Waals surface area contributed by atoms with E-state index in [2.05, 4.69) is 5.32 Å². The normalized spacial score (nSPS) is 11.7. The number of nitrogens with one attached hydrogen (secondary N) is 1. The van der Waals surface area contributed by atoms with E-state index in [0.29, 0.717) is 12.8 Å². The van der Waals surface area contributed by atoms with Gasteiger partial charge in [-0.15, -0.1) is 0 Å². The van der Waals surface area contributed by atoms with Gasteiger partial charge in [-0.2, -0.15) is 0 Å². The molecule has 1 atom stereocenters. The maximum atomic E-state index is 12.2. The van der Waals surface area contributed by atoms with Crippen LogP contribution >= 0.6 is 0 Å². The van der Waals surface area contributed by atoms with Crippen molar-refractivity contribution < 1.29 is 9.59 Å². The summed E-state index contributed by atoms with van der Waals surface area (Å²) in [5.74, 6) is -0.140. The third-order valence-corrected chi connectivity index (χ3v) is 3.17. The lowest BCUT2D eigenvalue weighted by molar-refractivity contribution is -0.138. The molecule has 1 aromatic rings. The second-order valence-electron chi connectivity index (χ2n) is 4.59. The van der Waals surface area contributed by atoms with Gasteiger partial charge in [0.15, 0.2) is 0 Å². The van der Waals surface area contributed by atoms with Crippen LogP contribution in [0, 0.1) is 0 Å². The summed E-state index contributed by atoms with van der Waals surface area (Å²) in [5, 5.41) is 2.62. The summed E-state index contributed by atoms with van der Waals surface area (Å²) in [6.07, 6.45) is 1.87. The van der Waals surface area contributed by atoms with Crippen LogP contribution in [0.25, 0.3) is 0 Å². The summed E-state index contributed by atoms with van der Waals surface area (Å²) in [7, 11) is 3.29. The first-order chi connectivity index (χ1) is 9.10. The summed E-state index contributed by atoms with van der Waals surface area (Å²) in [6.45, 7) is 2.01. The Labute approximate surface area is 114 Å². The molecule has 0 saturated heterocycles. The van der Waals surface area contributed by atoms with Crippen molar-refractivity contribution in [1.29, 1.82) is 0 Å². The van der Waals surface area contributed by atoms with Crippen molar-refractivity contribution in [1.82, 2.24) is 10.2 Å². The zero-order chi connectivity index (χ0) is 14.3. The molecule has 0 fully saturated rings. The minimum Gasteiger partial charge on any atom is -0.357 e. The topological polar surface area (TPSA) is 49.4 Å². The SMILES string of the molecule is CCC[C@@H](C(=O)NC)N(C)C(=O)Cc1ccccc1. The third kappa shape index (κ3) is 4.39. The molecule has 0 saturated carbocycles. The molecule has 0 radical (unpaired) electrons. The van der Waals surface area contributed by atoms with E-state index in [1.54, 1.807) is 19.0 Å². The summed E-state index contributed by atoms with van der Waals surface area (Å²) in [4.78, 5) is 25.5. The van der Waals surface area contributed by atoms with Crippen molar-refractivity contribution in [2.45, 2.75) is 32.2 Å². The van der Waals surface area contributed by atoms with E-state index >= 15 is 0 Å². The van der Waals surface area contributed by atoms with Crippen molar-refractivity contribution in [2.24, 2.45) is 0 Å². The van der Waals surface area contributed by atoms with Gasteiger partial charge in [0, 0.05) is 14.1 Å². The van der Waals surface area contributed by atoms with Gasteiger partial charge < -0.3 is 10.2 Å². The van der Waals surface area contributed by atoms with Gasteiger partial charge in [-0.3, -0.25) is 9.59 Å². The maximum absolute atomic E-state index is 12.2. The van der Waals surface area contributed by atoms with Crippen LogP contribution < -0.4 is 5.32 Å². The first kappa shape index (κ1) is 15.2. The van der Waals surface area contributed by atoms with E-state index in [1.807, 2.05) is 37.3 Å². The number of rotatable bonds is 6. The number of hydrogen-bond donors (Lipinski definition) is 1. The highest BCUT2D eigenvalue weighted by molar-refractivity contribution is 5.88. The number of hydrogen-bond acceptors (Lipinski definition) is 2.